The highest BCUT2D eigenvalue weighted by molar-refractivity contribution is 9.10. The van der Waals surface area contributed by atoms with Gasteiger partial charge >= 0.3 is 0 Å². The Morgan fingerprint density at radius 1 is 1.31 bits per heavy atom. The fraction of sp³-hybridized carbons (Fsp3) is 0.0909. The largest absolute Gasteiger partial charge is 0.269 e. The van der Waals surface area contributed by atoms with E-state index in [9.17, 15) is 9.59 Å². The molecule has 0 radical (unpaired) electrons. The molecule has 82 valence electrons. The zero-order valence-corrected chi connectivity index (χ0v) is 10.7. The third kappa shape index (κ3) is 1.79. The van der Waals surface area contributed by atoms with Crippen LogP contribution in [0.2, 0.25) is 5.02 Å². The van der Waals surface area contributed by atoms with Crippen LogP contribution in [-0.2, 0) is 9.59 Å². The Hall–Kier alpha value is -1.13. The van der Waals surface area contributed by atoms with E-state index in [0.29, 0.717) is 16.3 Å². The minimum atomic E-state index is -0.359. The van der Waals surface area contributed by atoms with E-state index in [1.165, 1.54) is 6.08 Å². The number of anilines is 1. The van der Waals surface area contributed by atoms with Crippen LogP contribution in [0.4, 0.5) is 5.69 Å². The first kappa shape index (κ1) is 11.4. The summed E-state index contributed by atoms with van der Waals surface area (Å²) < 4.78 is 0.761. The van der Waals surface area contributed by atoms with Gasteiger partial charge in [0.1, 0.15) is 0 Å². The summed E-state index contributed by atoms with van der Waals surface area (Å²) in [5, 5.41) is 0.369. The van der Waals surface area contributed by atoms with E-state index >= 15 is 0 Å². The van der Waals surface area contributed by atoms with Crippen molar-refractivity contribution in [2.75, 3.05) is 4.90 Å². The Morgan fingerprint density at radius 2 is 2.00 bits per heavy atom. The number of carbonyl (C=O) groups is 2. The van der Waals surface area contributed by atoms with E-state index in [4.69, 9.17) is 11.6 Å². The van der Waals surface area contributed by atoms with Gasteiger partial charge in [-0.05, 0) is 25.1 Å². The van der Waals surface area contributed by atoms with E-state index < -0.39 is 0 Å². The zero-order valence-electron chi connectivity index (χ0n) is 8.33. The zero-order chi connectivity index (χ0) is 11.9. The third-order valence-corrected chi connectivity index (χ3v) is 3.06. The first-order chi connectivity index (χ1) is 7.50. The predicted molar refractivity (Wildman–Crippen MR) is 65.4 cm³/mol. The smallest absolute Gasteiger partial charge is 0.261 e. The summed E-state index contributed by atoms with van der Waals surface area (Å²) in [4.78, 5) is 24.4. The molecule has 0 bridgehead atoms. The summed E-state index contributed by atoms with van der Waals surface area (Å²) in [7, 11) is 0. The number of carbonyl (C=O) groups excluding carboxylic acids is 2. The molecule has 1 aliphatic rings. The fourth-order valence-corrected chi connectivity index (χ4v) is 2.02. The molecule has 0 unspecified atom stereocenters. The Kier molecular flexibility index (Phi) is 2.86. The minimum Gasteiger partial charge on any atom is -0.269 e. The van der Waals surface area contributed by atoms with Crippen LogP contribution in [0, 0.1) is 0 Å². The predicted octanol–water partition coefficient (Wildman–Crippen LogP) is 2.92. The maximum absolute atomic E-state index is 11.7. The van der Waals surface area contributed by atoms with Gasteiger partial charge in [0.05, 0.1) is 10.7 Å². The lowest BCUT2D eigenvalue weighted by molar-refractivity contribution is -0.120. The molecule has 0 saturated heterocycles. The van der Waals surface area contributed by atoms with E-state index in [-0.39, 0.29) is 11.8 Å². The van der Waals surface area contributed by atoms with Crippen LogP contribution in [0.3, 0.4) is 0 Å². The second-order valence-corrected chi connectivity index (χ2v) is 4.72. The van der Waals surface area contributed by atoms with Crippen molar-refractivity contribution in [2.24, 2.45) is 0 Å². The molecule has 3 nitrogen and oxygen atoms in total. The molecule has 0 atom stereocenters. The molecule has 0 saturated carbocycles. The summed E-state index contributed by atoms with van der Waals surface area (Å²) in [6.07, 6.45) is 1.31. The molecule has 1 heterocycles. The van der Waals surface area contributed by atoms with E-state index in [1.807, 2.05) is 0 Å². The molecule has 1 aromatic rings. The number of hydrogen-bond donors (Lipinski definition) is 0. The summed E-state index contributed by atoms with van der Waals surface area (Å²) in [5.41, 5.74) is 0.820. The standard InChI is InChI=1S/C11H7BrClNO2/c1-6-4-10(15)14(11(6)16)9-5-7(12)2-3-8(9)13/h2-5H,1H3. The molecule has 16 heavy (non-hydrogen) atoms. The van der Waals surface area contributed by atoms with Crippen molar-refractivity contribution in [2.45, 2.75) is 6.92 Å². The summed E-state index contributed by atoms with van der Waals surface area (Å²) in [6, 6.07) is 5.02. The highest BCUT2D eigenvalue weighted by atomic mass is 79.9. The van der Waals surface area contributed by atoms with Gasteiger partial charge in [0, 0.05) is 16.1 Å². The summed E-state index contributed by atoms with van der Waals surface area (Å²) in [5.74, 6) is -0.687. The lowest BCUT2D eigenvalue weighted by Gasteiger charge is -2.16. The molecular weight excluding hydrogens is 293 g/mol. The van der Waals surface area contributed by atoms with Crippen LogP contribution in [0.5, 0.6) is 0 Å². The molecule has 0 spiro atoms. The first-order valence-electron chi connectivity index (χ1n) is 4.52. The van der Waals surface area contributed by atoms with Crippen molar-refractivity contribution in [1.82, 2.24) is 0 Å². The number of nitrogens with zero attached hydrogens (tertiary/aromatic N) is 1. The quantitative estimate of drug-likeness (QED) is 0.748. The molecule has 2 amide bonds. The fourth-order valence-electron chi connectivity index (χ4n) is 1.47. The maximum atomic E-state index is 11.7. The van der Waals surface area contributed by atoms with Crippen LogP contribution in [-0.4, -0.2) is 11.8 Å². The number of halogens is 2. The topological polar surface area (TPSA) is 37.4 Å². The van der Waals surface area contributed by atoms with Gasteiger partial charge in [0.15, 0.2) is 0 Å². The van der Waals surface area contributed by atoms with Gasteiger partial charge in [-0.3, -0.25) is 9.59 Å². The Bertz CT molecular complexity index is 525. The first-order valence-corrected chi connectivity index (χ1v) is 5.69. The summed E-state index contributed by atoms with van der Waals surface area (Å²) >= 11 is 9.24. The van der Waals surface area contributed by atoms with E-state index in [2.05, 4.69) is 15.9 Å². The SMILES string of the molecule is CC1=CC(=O)N(c2cc(Br)ccc2Cl)C1=O. The van der Waals surface area contributed by atoms with E-state index in [0.717, 1.165) is 9.37 Å². The Morgan fingerprint density at radius 3 is 2.56 bits per heavy atom. The normalized spacial score (nSPS) is 15.7. The monoisotopic (exact) mass is 299 g/mol. The maximum Gasteiger partial charge on any atom is 0.261 e. The minimum absolute atomic E-state index is 0.329. The average Bonchev–Trinajstić information content (AvgIpc) is 2.46. The van der Waals surface area contributed by atoms with Gasteiger partial charge in [-0.15, -0.1) is 0 Å². The number of rotatable bonds is 1. The van der Waals surface area contributed by atoms with Crippen LogP contribution in [0.25, 0.3) is 0 Å². The highest BCUT2D eigenvalue weighted by Gasteiger charge is 2.31. The van der Waals surface area contributed by atoms with Crippen molar-refractivity contribution < 1.29 is 9.59 Å². The van der Waals surface area contributed by atoms with Crippen LogP contribution < -0.4 is 4.90 Å². The second-order valence-electron chi connectivity index (χ2n) is 3.40. The van der Waals surface area contributed by atoms with E-state index in [1.54, 1.807) is 25.1 Å². The van der Waals surface area contributed by atoms with Crippen LogP contribution in [0.1, 0.15) is 6.92 Å². The number of benzene rings is 1. The van der Waals surface area contributed by atoms with Crippen molar-refractivity contribution in [3.05, 3.63) is 39.3 Å². The van der Waals surface area contributed by atoms with Gasteiger partial charge in [-0.1, -0.05) is 27.5 Å². The number of imide groups is 1. The van der Waals surface area contributed by atoms with Crippen LogP contribution >= 0.6 is 27.5 Å². The summed E-state index contributed by atoms with van der Waals surface area (Å²) in [6.45, 7) is 1.60. The molecule has 0 aliphatic carbocycles. The van der Waals surface area contributed by atoms with Gasteiger partial charge in [-0.25, -0.2) is 4.90 Å². The van der Waals surface area contributed by atoms with Gasteiger partial charge < -0.3 is 0 Å². The number of amides is 2. The molecule has 2 rings (SSSR count). The third-order valence-electron chi connectivity index (χ3n) is 2.25. The van der Waals surface area contributed by atoms with Gasteiger partial charge in [-0.2, -0.15) is 0 Å². The van der Waals surface area contributed by atoms with Crippen molar-refractivity contribution >= 4 is 45.0 Å². The van der Waals surface area contributed by atoms with Gasteiger partial charge in [0.25, 0.3) is 11.8 Å². The second kappa shape index (κ2) is 4.03. The van der Waals surface area contributed by atoms with Crippen molar-refractivity contribution in [3.63, 3.8) is 0 Å². The molecule has 1 aliphatic heterocycles. The lowest BCUT2D eigenvalue weighted by atomic mass is 10.3. The van der Waals surface area contributed by atoms with Gasteiger partial charge in [0.2, 0.25) is 0 Å². The Balaban J connectivity index is 2.50. The molecule has 0 N–H and O–H groups in total. The molecular formula is C11H7BrClNO2. The van der Waals surface area contributed by atoms with Crippen LogP contribution in [0.15, 0.2) is 34.3 Å². The molecule has 0 aromatic heterocycles. The van der Waals surface area contributed by atoms with Crippen molar-refractivity contribution in [1.29, 1.82) is 0 Å². The van der Waals surface area contributed by atoms with Crippen molar-refractivity contribution in [3.8, 4) is 0 Å². The average molecular weight is 301 g/mol. The molecule has 5 heteroatoms. The molecule has 0 fully saturated rings. The number of hydrogen-bond acceptors (Lipinski definition) is 2. The molecule has 1 aromatic carbocycles. The Labute approximate surface area is 106 Å². The highest BCUT2D eigenvalue weighted by Crippen LogP contribution is 2.32. The lowest BCUT2D eigenvalue weighted by Crippen LogP contribution is -2.30.